The Balaban J connectivity index is 2.79. The molecule has 1 fully saturated rings. The molecule has 0 saturated carbocycles. The Morgan fingerprint density at radius 1 is 1.47 bits per heavy atom. The summed E-state index contributed by atoms with van der Waals surface area (Å²) in [4.78, 5) is 0. The summed E-state index contributed by atoms with van der Waals surface area (Å²) in [6.07, 6.45) is 0.850. The molecule has 5 heteroatoms. The van der Waals surface area contributed by atoms with Crippen LogP contribution in [0.3, 0.4) is 0 Å². The van der Waals surface area contributed by atoms with Gasteiger partial charge in [-0.05, 0) is 18.3 Å². The summed E-state index contributed by atoms with van der Waals surface area (Å²) < 4.78 is 25.4. The first-order valence-electron chi connectivity index (χ1n) is 5.49. The number of rotatable bonds is 4. The predicted octanol–water partition coefficient (Wildman–Crippen LogP) is 0.675. The normalized spacial score (nSPS) is 28.9. The van der Waals surface area contributed by atoms with Crippen molar-refractivity contribution >= 4 is 10.0 Å². The minimum Gasteiger partial charge on any atom is -0.395 e. The quantitative estimate of drug-likeness (QED) is 0.779. The van der Waals surface area contributed by atoms with Gasteiger partial charge in [0.15, 0.2) is 0 Å². The molecule has 2 unspecified atom stereocenters. The Bertz CT molecular complexity index is 300. The van der Waals surface area contributed by atoms with Crippen molar-refractivity contribution in [3.8, 4) is 0 Å². The monoisotopic (exact) mass is 235 g/mol. The maximum atomic E-state index is 12.0. The van der Waals surface area contributed by atoms with Crippen molar-refractivity contribution in [1.82, 2.24) is 4.31 Å². The molecule has 1 heterocycles. The number of aliphatic hydroxyl groups is 1. The third-order valence-corrected chi connectivity index (χ3v) is 5.18. The summed E-state index contributed by atoms with van der Waals surface area (Å²) in [5, 5.41) is 9.20. The maximum Gasteiger partial charge on any atom is 0.214 e. The summed E-state index contributed by atoms with van der Waals surface area (Å²) in [6, 6.07) is -0.214. The molecule has 0 aliphatic carbocycles. The molecule has 0 amide bonds. The summed E-state index contributed by atoms with van der Waals surface area (Å²) in [6.45, 7) is 6.27. The molecule has 1 rings (SSSR count). The van der Waals surface area contributed by atoms with Gasteiger partial charge in [0.1, 0.15) is 0 Å². The summed E-state index contributed by atoms with van der Waals surface area (Å²) in [5.74, 6) is 0.568. The fourth-order valence-electron chi connectivity index (χ4n) is 2.11. The third kappa shape index (κ3) is 2.92. The molecule has 15 heavy (non-hydrogen) atoms. The van der Waals surface area contributed by atoms with E-state index in [9.17, 15) is 13.5 Å². The van der Waals surface area contributed by atoms with Crippen LogP contribution in [0.15, 0.2) is 0 Å². The lowest BCUT2D eigenvalue weighted by Gasteiger charge is -2.25. The first kappa shape index (κ1) is 12.9. The average molecular weight is 235 g/mol. The van der Waals surface area contributed by atoms with Crippen LogP contribution in [0.25, 0.3) is 0 Å². The Morgan fingerprint density at radius 3 is 2.53 bits per heavy atom. The van der Waals surface area contributed by atoms with Crippen LogP contribution >= 0.6 is 0 Å². The molecular formula is C10H21NO3S. The van der Waals surface area contributed by atoms with Crippen LogP contribution in [0.5, 0.6) is 0 Å². The zero-order chi connectivity index (χ0) is 11.6. The second-order valence-corrected chi connectivity index (χ2v) is 6.77. The molecule has 0 aromatic heterocycles. The highest BCUT2D eigenvalue weighted by Gasteiger charge is 2.38. The van der Waals surface area contributed by atoms with E-state index in [1.165, 1.54) is 4.31 Å². The van der Waals surface area contributed by atoms with E-state index in [0.29, 0.717) is 6.54 Å². The zero-order valence-corrected chi connectivity index (χ0v) is 10.5. The van der Waals surface area contributed by atoms with E-state index in [-0.39, 0.29) is 30.2 Å². The van der Waals surface area contributed by atoms with Gasteiger partial charge in [-0.2, -0.15) is 4.31 Å². The van der Waals surface area contributed by atoms with Crippen molar-refractivity contribution in [2.75, 3.05) is 18.9 Å². The SMILES string of the molecule is CC(C)CS(=O)(=O)N1CCC(C)C1CO. The number of nitrogens with zero attached hydrogens (tertiary/aromatic N) is 1. The van der Waals surface area contributed by atoms with E-state index >= 15 is 0 Å². The molecule has 1 aliphatic heterocycles. The second-order valence-electron chi connectivity index (χ2n) is 4.80. The molecule has 2 atom stereocenters. The molecule has 0 radical (unpaired) electrons. The van der Waals surface area contributed by atoms with Crippen LogP contribution in [0, 0.1) is 11.8 Å². The van der Waals surface area contributed by atoms with E-state index in [1.54, 1.807) is 0 Å². The largest absolute Gasteiger partial charge is 0.395 e. The molecule has 0 spiro atoms. The Hall–Kier alpha value is -0.130. The van der Waals surface area contributed by atoms with Crippen LogP contribution in [-0.2, 0) is 10.0 Å². The standard InChI is InChI=1S/C10H21NO3S/c1-8(2)7-15(13,14)11-5-4-9(3)10(11)6-12/h8-10,12H,4-7H2,1-3H3. The number of hydrogen-bond acceptors (Lipinski definition) is 3. The van der Waals surface area contributed by atoms with E-state index in [2.05, 4.69) is 0 Å². The lowest BCUT2D eigenvalue weighted by atomic mass is 10.0. The van der Waals surface area contributed by atoms with Gasteiger partial charge in [-0.15, -0.1) is 0 Å². The lowest BCUT2D eigenvalue weighted by molar-refractivity contribution is 0.191. The van der Waals surface area contributed by atoms with Gasteiger partial charge in [0, 0.05) is 6.54 Å². The van der Waals surface area contributed by atoms with Gasteiger partial charge in [-0.3, -0.25) is 0 Å². The Labute approximate surface area is 92.3 Å². The summed E-state index contributed by atoms with van der Waals surface area (Å²) >= 11 is 0. The van der Waals surface area contributed by atoms with Gasteiger partial charge in [0.2, 0.25) is 10.0 Å². The molecule has 0 bridgehead atoms. The Morgan fingerprint density at radius 2 is 2.07 bits per heavy atom. The van der Waals surface area contributed by atoms with Crippen molar-refractivity contribution in [1.29, 1.82) is 0 Å². The third-order valence-electron chi connectivity index (χ3n) is 2.92. The second kappa shape index (κ2) is 4.80. The summed E-state index contributed by atoms with van der Waals surface area (Å²) in [5.41, 5.74) is 0. The highest BCUT2D eigenvalue weighted by molar-refractivity contribution is 7.89. The smallest absolute Gasteiger partial charge is 0.214 e. The van der Waals surface area contributed by atoms with E-state index in [4.69, 9.17) is 0 Å². The molecular weight excluding hydrogens is 214 g/mol. The molecule has 0 aromatic rings. The fourth-order valence-corrected chi connectivity index (χ4v) is 4.21. The van der Waals surface area contributed by atoms with Gasteiger partial charge < -0.3 is 5.11 Å². The van der Waals surface area contributed by atoms with Crippen LogP contribution in [0.4, 0.5) is 0 Å². The maximum absolute atomic E-state index is 12.0. The van der Waals surface area contributed by atoms with Gasteiger partial charge in [0.05, 0.1) is 18.4 Å². The van der Waals surface area contributed by atoms with Gasteiger partial charge in [0.25, 0.3) is 0 Å². The van der Waals surface area contributed by atoms with Crippen molar-refractivity contribution < 1.29 is 13.5 Å². The molecule has 1 aliphatic rings. The van der Waals surface area contributed by atoms with E-state index < -0.39 is 10.0 Å². The van der Waals surface area contributed by atoms with E-state index in [1.807, 2.05) is 20.8 Å². The number of hydrogen-bond donors (Lipinski definition) is 1. The molecule has 4 nitrogen and oxygen atoms in total. The van der Waals surface area contributed by atoms with Crippen molar-refractivity contribution in [3.05, 3.63) is 0 Å². The molecule has 1 N–H and O–H groups in total. The van der Waals surface area contributed by atoms with Crippen LogP contribution in [0.2, 0.25) is 0 Å². The minimum absolute atomic E-state index is 0.0709. The first-order valence-corrected chi connectivity index (χ1v) is 7.09. The highest BCUT2D eigenvalue weighted by atomic mass is 32.2. The average Bonchev–Trinajstić information content (AvgIpc) is 2.44. The first-order chi connectivity index (χ1) is 6.88. The number of aliphatic hydroxyl groups excluding tert-OH is 1. The molecule has 1 saturated heterocycles. The Kier molecular flexibility index (Phi) is 4.14. The summed E-state index contributed by atoms with van der Waals surface area (Å²) in [7, 11) is -3.18. The van der Waals surface area contributed by atoms with E-state index in [0.717, 1.165) is 6.42 Å². The topological polar surface area (TPSA) is 57.6 Å². The van der Waals surface area contributed by atoms with Crippen LogP contribution in [-0.4, -0.2) is 42.8 Å². The van der Waals surface area contributed by atoms with Gasteiger partial charge >= 0.3 is 0 Å². The molecule has 0 aromatic carbocycles. The molecule has 90 valence electrons. The fraction of sp³-hybridized carbons (Fsp3) is 1.00. The highest BCUT2D eigenvalue weighted by Crippen LogP contribution is 2.27. The minimum atomic E-state index is -3.18. The van der Waals surface area contributed by atoms with Crippen molar-refractivity contribution in [3.63, 3.8) is 0 Å². The zero-order valence-electron chi connectivity index (χ0n) is 9.68. The van der Waals surface area contributed by atoms with Gasteiger partial charge in [-0.25, -0.2) is 8.42 Å². The van der Waals surface area contributed by atoms with Crippen LogP contribution in [0.1, 0.15) is 27.2 Å². The lowest BCUT2D eigenvalue weighted by Crippen LogP contribution is -2.41. The van der Waals surface area contributed by atoms with Crippen molar-refractivity contribution in [2.45, 2.75) is 33.2 Å². The number of sulfonamides is 1. The van der Waals surface area contributed by atoms with Crippen molar-refractivity contribution in [2.24, 2.45) is 11.8 Å². The predicted molar refractivity (Wildman–Crippen MR) is 60.0 cm³/mol. The van der Waals surface area contributed by atoms with Crippen LogP contribution < -0.4 is 0 Å². The van der Waals surface area contributed by atoms with Gasteiger partial charge in [-0.1, -0.05) is 20.8 Å².